The van der Waals surface area contributed by atoms with E-state index in [0.717, 1.165) is 0 Å². The average molecular weight is 735 g/mol. The Morgan fingerprint density at radius 1 is 0.296 bits per heavy atom. The minimum Gasteiger partial charge on any atom is -0.0654 e. The number of benzene rings is 3. The van der Waals surface area contributed by atoms with Crippen LogP contribution in [-0.4, -0.2) is 0 Å². The lowest BCUT2D eigenvalue weighted by Gasteiger charge is -2.33. The second kappa shape index (κ2) is 30.8. The first kappa shape index (κ1) is 46.0. The minimum atomic E-state index is 0.396. The third-order valence-corrected chi connectivity index (χ3v) is 12.4. The van der Waals surface area contributed by atoms with Crippen LogP contribution in [-0.2, 0) is 19.3 Å². The highest BCUT2D eigenvalue weighted by Gasteiger charge is 2.30. The molecule has 0 amide bonds. The van der Waals surface area contributed by atoms with Gasteiger partial charge in [-0.3, -0.25) is 0 Å². The molecule has 1 unspecified atom stereocenters. The van der Waals surface area contributed by atoms with Crippen molar-refractivity contribution in [2.75, 3.05) is 0 Å². The van der Waals surface area contributed by atoms with E-state index in [9.17, 15) is 0 Å². The summed E-state index contributed by atoms with van der Waals surface area (Å²) in [6.45, 7) is 9.33. The molecule has 0 spiro atoms. The van der Waals surface area contributed by atoms with Gasteiger partial charge in [-0.05, 0) is 84.2 Å². The molecule has 0 saturated carbocycles. The molecule has 54 heavy (non-hydrogen) atoms. The van der Waals surface area contributed by atoms with Gasteiger partial charge >= 0.3 is 0 Å². The van der Waals surface area contributed by atoms with Crippen molar-refractivity contribution >= 4 is 0 Å². The number of unbranched alkanes of at least 4 members (excludes halogenated alkanes) is 22. The Morgan fingerprint density at radius 2 is 0.574 bits per heavy atom. The second-order valence-electron chi connectivity index (χ2n) is 17.0. The number of hydrogen-bond donors (Lipinski definition) is 0. The van der Waals surface area contributed by atoms with Crippen LogP contribution in [0.2, 0.25) is 0 Å². The van der Waals surface area contributed by atoms with Crippen molar-refractivity contribution in [2.45, 2.75) is 232 Å². The fourth-order valence-corrected chi connectivity index (χ4v) is 9.14. The van der Waals surface area contributed by atoms with Crippen LogP contribution in [0.3, 0.4) is 0 Å². The maximum Gasteiger partial charge on any atom is 0.0164 e. The van der Waals surface area contributed by atoms with Crippen molar-refractivity contribution in [3.63, 3.8) is 0 Å². The highest BCUT2D eigenvalue weighted by molar-refractivity contribution is 5.47. The summed E-state index contributed by atoms with van der Waals surface area (Å²) < 4.78 is 0. The first-order valence-electron chi connectivity index (χ1n) is 24.0. The van der Waals surface area contributed by atoms with E-state index in [4.69, 9.17) is 0 Å². The molecule has 0 radical (unpaired) electrons. The van der Waals surface area contributed by atoms with Gasteiger partial charge in [0.05, 0.1) is 0 Å². The van der Waals surface area contributed by atoms with Gasteiger partial charge in [0.2, 0.25) is 0 Å². The van der Waals surface area contributed by atoms with E-state index < -0.39 is 0 Å². The van der Waals surface area contributed by atoms with Crippen LogP contribution >= 0.6 is 0 Å². The summed E-state index contributed by atoms with van der Waals surface area (Å²) in [5, 5.41) is 0. The average Bonchev–Trinajstić information content (AvgIpc) is 3.20. The summed E-state index contributed by atoms with van der Waals surface area (Å²) in [4.78, 5) is 0. The summed E-state index contributed by atoms with van der Waals surface area (Å²) in [5.41, 5.74) is 9.76. The summed E-state index contributed by atoms with van der Waals surface area (Å²) in [6.07, 6.45) is 40.5. The predicted octanol–water partition coefficient (Wildman–Crippen LogP) is 17.8. The Morgan fingerprint density at radius 3 is 0.944 bits per heavy atom. The molecule has 3 rings (SSSR count). The van der Waals surface area contributed by atoms with Gasteiger partial charge in [-0.2, -0.15) is 0 Å². The molecule has 0 N–H and O–H groups in total. The van der Waals surface area contributed by atoms with E-state index in [1.165, 1.54) is 193 Å². The summed E-state index contributed by atoms with van der Waals surface area (Å²) in [6, 6.07) is 29.2. The molecule has 0 nitrogen and oxygen atoms in total. The van der Waals surface area contributed by atoms with Crippen molar-refractivity contribution in [2.24, 2.45) is 0 Å². The van der Waals surface area contributed by atoms with E-state index in [2.05, 4.69) is 100 Å². The molecule has 0 aliphatic rings. The van der Waals surface area contributed by atoms with E-state index in [1.807, 2.05) is 0 Å². The maximum absolute atomic E-state index is 2.55. The van der Waals surface area contributed by atoms with Crippen LogP contribution in [0.4, 0.5) is 0 Å². The highest BCUT2D eigenvalue weighted by atomic mass is 14.3. The first-order valence-corrected chi connectivity index (χ1v) is 24.0. The van der Waals surface area contributed by atoms with E-state index in [-0.39, 0.29) is 0 Å². The smallest absolute Gasteiger partial charge is 0.0164 e. The largest absolute Gasteiger partial charge is 0.0654 e. The van der Waals surface area contributed by atoms with Crippen LogP contribution in [0.5, 0.6) is 0 Å². The van der Waals surface area contributed by atoms with Crippen LogP contribution in [0, 0.1) is 0 Å². The monoisotopic (exact) mass is 735 g/mol. The van der Waals surface area contributed by atoms with Gasteiger partial charge in [-0.25, -0.2) is 0 Å². The van der Waals surface area contributed by atoms with Crippen molar-refractivity contribution < 1.29 is 0 Å². The minimum absolute atomic E-state index is 0.396. The molecule has 1 atom stereocenters. The Balaban J connectivity index is 2.00. The van der Waals surface area contributed by atoms with Gasteiger partial charge in [-0.1, -0.05) is 248 Å². The quantitative estimate of drug-likeness (QED) is 0.0536. The Labute approximate surface area is 337 Å². The fraction of sp³-hybridized carbons (Fsp3) is 0.667. The number of rotatable bonds is 34. The van der Waals surface area contributed by atoms with Crippen molar-refractivity contribution in [1.82, 2.24) is 0 Å². The molecule has 0 saturated heterocycles. The molecule has 0 heteroatoms. The Bertz CT molecular complexity index is 1240. The summed E-state index contributed by atoms with van der Waals surface area (Å²) >= 11 is 0. The molecular formula is C54H86. The third kappa shape index (κ3) is 18.1. The molecule has 0 aliphatic heterocycles. The second-order valence-corrected chi connectivity index (χ2v) is 17.0. The molecule has 302 valence electrons. The topological polar surface area (TPSA) is 0 Å². The molecule has 3 aromatic rings. The lowest BCUT2D eigenvalue weighted by atomic mass is 9.70. The van der Waals surface area contributed by atoms with Crippen LogP contribution in [0.25, 0.3) is 0 Å². The summed E-state index contributed by atoms with van der Waals surface area (Å²) in [7, 11) is 0. The standard InChI is InChI=1S/C54H86/c1-5-9-13-17-20-24-27-37-47-40-31-34-43-50(47)53(46-30-23-16-12-8-4)54(51-44-35-32-41-48(51)38-28-25-21-18-14-10-6-2)52-45-36-33-42-49(52)39-29-26-22-19-15-11-7-3/h31-36,40-45,53-54H,5-30,37-39,46H2,1-4H3. The SMILES string of the molecule is CCCCCCCCCc1ccccc1C(CCCCCCC)C(c1ccccc1CCCCCCCCC)c1ccccc1CCCCCCCCC. The van der Waals surface area contributed by atoms with Gasteiger partial charge < -0.3 is 0 Å². The molecule has 0 aromatic heterocycles. The van der Waals surface area contributed by atoms with E-state index in [1.54, 1.807) is 33.4 Å². The Hall–Kier alpha value is -2.34. The van der Waals surface area contributed by atoms with E-state index >= 15 is 0 Å². The third-order valence-electron chi connectivity index (χ3n) is 12.4. The van der Waals surface area contributed by atoms with Gasteiger partial charge in [0.15, 0.2) is 0 Å². The number of aryl methyl sites for hydroxylation is 3. The lowest BCUT2D eigenvalue weighted by molar-refractivity contribution is 0.499. The van der Waals surface area contributed by atoms with Crippen LogP contribution in [0.15, 0.2) is 72.8 Å². The van der Waals surface area contributed by atoms with Gasteiger partial charge in [0.25, 0.3) is 0 Å². The normalized spacial score (nSPS) is 12.2. The number of hydrogen-bond acceptors (Lipinski definition) is 0. The molecule has 0 aliphatic carbocycles. The lowest BCUT2D eigenvalue weighted by Crippen LogP contribution is -2.18. The van der Waals surface area contributed by atoms with Gasteiger partial charge in [0, 0.05) is 5.92 Å². The molecule has 3 aromatic carbocycles. The molecule has 0 heterocycles. The van der Waals surface area contributed by atoms with E-state index in [0.29, 0.717) is 11.8 Å². The molecule has 0 bridgehead atoms. The van der Waals surface area contributed by atoms with Crippen molar-refractivity contribution in [3.05, 3.63) is 106 Å². The zero-order valence-electron chi connectivity index (χ0n) is 36.3. The zero-order chi connectivity index (χ0) is 38.3. The summed E-state index contributed by atoms with van der Waals surface area (Å²) in [5.74, 6) is 0.894. The molecule has 0 fully saturated rings. The van der Waals surface area contributed by atoms with Crippen molar-refractivity contribution in [3.8, 4) is 0 Å². The zero-order valence-corrected chi connectivity index (χ0v) is 36.3. The van der Waals surface area contributed by atoms with Gasteiger partial charge in [-0.15, -0.1) is 0 Å². The van der Waals surface area contributed by atoms with Gasteiger partial charge in [0.1, 0.15) is 0 Å². The fourth-order valence-electron chi connectivity index (χ4n) is 9.14. The first-order chi connectivity index (χ1) is 26.7. The van der Waals surface area contributed by atoms with Crippen LogP contribution < -0.4 is 0 Å². The van der Waals surface area contributed by atoms with Crippen LogP contribution in [0.1, 0.15) is 246 Å². The molecular weight excluding hydrogens is 649 g/mol. The Kier molecular flexibility index (Phi) is 26.3. The highest BCUT2D eigenvalue weighted by Crippen LogP contribution is 2.46. The maximum atomic E-state index is 2.55. The van der Waals surface area contributed by atoms with Crippen molar-refractivity contribution in [1.29, 1.82) is 0 Å². The predicted molar refractivity (Wildman–Crippen MR) is 242 cm³/mol.